The number of rotatable bonds is 4. The number of Topliss-reactive ketones (excluding diaryl/α,β-unsaturated/α-hetero) is 1. The highest BCUT2D eigenvalue weighted by Gasteiger charge is 2.19. The minimum atomic E-state index is -0.480. The van der Waals surface area contributed by atoms with Crippen molar-refractivity contribution in [2.75, 3.05) is 20.3 Å². The standard InChI is InChI=1S/C17H13NO5/c1-20-14-8-11(9-15-17(14)23-6-5-22-15)7-12(10-18)16(19)13-3-2-4-21-13/h2-4,7-9H,5-6H2,1H3/b12-7+. The Labute approximate surface area is 132 Å². The molecule has 2 aromatic rings. The maximum absolute atomic E-state index is 12.2. The smallest absolute Gasteiger partial charge is 0.238 e. The van der Waals surface area contributed by atoms with E-state index in [9.17, 15) is 10.1 Å². The van der Waals surface area contributed by atoms with Crippen LogP contribution in [0.1, 0.15) is 16.1 Å². The Bertz CT molecular complexity index is 782. The molecule has 0 bridgehead atoms. The number of hydrogen-bond donors (Lipinski definition) is 0. The summed E-state index contributed by atoms with van der Waals surface area (Å²) >= 11 is 0. The zero-order chi connectivity index (χ0) is 16.2. The molecule has 0 N–H and O–H groups in total. The van der Waals surface area contributed by atoms with Gasteiger partial charge in [0.05, 0.1) is 13.4 Å². The van der Waals surface area contributed by atoms with E-state index in [2.05, 4.69) is 0 Å². The Morgan fingerprint density at radius 3 is 2.87 bits per heavy atom. The summed E-state index contributed by atoms with van der Waals surface area (Å²) in [5.74, 6) is 1.15. The van der Waals surface area contributed by atoms with Crippen LogP contribution in [0.5, 0.6) is 17.2 Å². The minimum Gasteiger partial charge on any atom is -0.493 e. The lowest BCUT2D eigenvalue weighted by Crippen LogP contribution is -2.16. The van der Waals surface area contributed by atoms with Crippen molar-refractivity contribution in [3.05, 3.63) is 47.4 Å². The second-order valence-electron chi connectivity index (χ2n) is 4.72. The quantitative estimate of drug-likeness (QED) is 0.490. The van der Waals surface area contributed by atoms with Gasteiger partial charge in [0, 0.05) is 0 Å². The number of carbonyl (C=O) groups excluding carboxylic acids is 1. The summed E-state index contributed by atoms with van der Waals surface area (Å²) in [4.78, 5) is 12.2. The predicted molar refractivity (Wildman–Crippen MR) is 80.6 cm³/mol. The van der Waals surface area contributed by atoms with E-state index in [1.165, 1.54) is 25.5 Å². The number of furan rings is 1. The van der Waals surface area contributed by atoms with E-state index < -0.39 is 5.78 Å². The third-order valence-electron chi connectivity index (χ3n) is 3.27. The second-order valence-corrected chi connectivity index (χ2v) is 4.72. The molecule has 1 aliphatic heterocycles. The van der Waals surface area contributed by atoms with Crippen LogP contribution in [-0.2, 0) is 0 Å². The van der Waals surface area contributed by atoms with Crippen molar-refractivity contribution in [2.45, 2.75) is 0 Å². The molecule has 3 rings (SSSR count). The van der Waals surface area contributed by atoms with E-state index in [-0.39, 0.29) is 11.3 Å². The second kappa shape index (κ2) is 6.28. The average Bonchev–Trinajstić information content (AvgIpc) is 3.12. The summed E-state index contributed by atoms with van der Waals surface area (Å²) in [6.07, 6.45) is 2.85. The van der Waals surface area contributed by atoms with Gasteiger partial charge in [-0.3, -0.25) is 4.79 Å². The molecule has 0 radical (unpaired) electrons. The van der Waals surface area contributed by atoms with Crippen molar-refractivity contribution in [3.8, 4) is 23.3 Å². The molecule has 2 heterocycles. The third-order valence-corrected chi connectivity index (χ3v) is 3.27. The Morgan fingerprint density at radius 2 is 2.17 bits per heavy atom. The highest BCUT2D eigenvalue weighted by molar-refractivity contribution is 6.12. The first-order valence-corrected chi connectivity index (χ1v) is 6.90. The van der Waals surface area contributed by atoms with E-state index in [4.69, 9.17) is 18.6 Å². The Balaban J connectivity index is 2.00. The number of allylic oxidation sites excluding steroid dienone is 1. The fraction of sp³-hybridized carbons (Fsp3) is 0.176. The van der Waals surface area contributed by atoms with E-state index in [0.29, 0.717) is 36.0 Å². The molecule has 1 aliphatic rings. The monoisotopic (exact) mass is 311 g/mol. The SMILES string of the molecule is COc1cc(/C=C(\C#N)C(=O)c2ccco2)cc2c1OCCO2. The maximum Gasteiger partial charge on any atom is 0.238 e. The molecule has 0 fully saturated rings. The average molecular weight is 311 g/mol. The number of hydrogen-bond acceptors (Lipinski definition) is 6. The van der Waals surface area contributed by atoms with Crippen molar-refractivity contribution in [1.29, 1.82) is 5.26 Å². The number of methoxy groups -OCH3 is 1. The van der Waals surface area contributed by atoms with Gasteiger partial charge in [0.25, 0.3) is 0 Å². The summed E-state index contributed by atoms with van der Waals surface area (Å²) in [5.41, 5.74) is 0.557. The largest absolute Gasteiger partial charge is 0.493 e. The third kappa shape index (κ3) is 2.90. The molecular weight excluding hydrogens is 298 g/mol. The summed E-state index contributed by atoms with van der Waals surface area (Å²) in [5, 5.41) is 9.25. The summed E-state index contributed by atoms with van der Waals surface area (Å²) in [6.45, 7) is 0.874. The van der Waals surface area contributed by atoms with Crippen molar-refractivity contribution < 1.29 is 23.4 Å². The van der Waals surface area contributed by atoms with Crippen LogP contribution in [0.15, 0.2) is 40.5 Å². The molecule has 0 spiro atoms. The molecule has 0 saturated heterocycles. The van der Waals surface area contributed by atoms with Gasteiger partial charge in [0.2, 0.25) is 11.5 Å². The zero-order valence-corrected chi connectivity index (χ0v) is 12.4. The van der Waals surface area contributed by atoms with Gasteiger partial charge >= 0.3 is 0 Å². The first-order valence-electron chi connectivity index (χ1n) is 6.90. The predicted octanol–water partition coefficient (Wildman–Crippen LogP) is 2.85. The number of fused-ring (bicyclic) bond motifs is 1. The van der Waals surface area contributed by atoms with Gasteiger partial charge in [0.1, 0.15) is 24.9 Å². The van der Waals surface area contributed by atoms with E-state index >= 15 is 0 Å². The molecule has 116 valence electrons. The fourth-order valence-corrected chi connectivity index (χ4v) is 2.23. The van der Waals surface area contributed by atoms with Crippen LogP contribution < -0.4 is 14.2 Å². The highest BCUT2D eigenvalue weighted by Crippen LogP contribution is 2.40. The molecular formula is C17H13NO5. The van der Waals surface area contributed by atoms with Crippen LogP contribution in [0.3, 0.4) is 0 Å². The number of ketones is 1. The first kappa shape index (κ1) is 14.7. The minimum absolute atomic E-state index is 0.0429. The van der Waals surface area contributed by atoms with E-state index in [0.717, 1.165) is 0 Å². The van der Waals surface area contributed by atoms with Gasteiger partial charge in [-0.15, -0.1) is 0 Å². The van der Waals surface area contributed by atoms with Gasteiger partial charge in [-0.2, -0.15) is 5.26 Å². The van der Waals surface area contributed by atoms with Gasteiger partial charge in [-0.25, -0.2) is 0 Å². The van der Waals surface area contributed by atoms with Crippen LogP contribution in [0, 0.1) is 11.3 Å². The van der Waals surface area contributed by atoms with Gasteiger partial charge in [-0.1, -0.05) is 0 Å². The van der Waals surface area contributed by atoms with E-state index in [1.807, 2.05) is 6.07 Å². The molecule has 1 aromatic heterocycles. The number of nitriles is 1. The lowest BCUT2D eigenvalue weighted by Gasteiger charge is -2.21. The van der Waals surface area contributed by atoms with Crippen molar-refractivity contribution >= 4 is 11.9 Å². The maximum atomic E-state index is 12.2. The lowest BCUT2D eigenvalue weighted by atomic mass is 10.1. The molecule has 6 heteroatoms. The number of ether oxygens (including phenoxy) is 3. The highest BCUT2D eigenvalue weighted by atomic mass is 16.6. The molecule has 23 heavy (non-hydrogen) atoms. The molecule has 0 amide bonds. The summed E-state index contributed by atoms with van der Waals surface area (Å²) < 4.78 is 21.4. The van der Waals surface area contributed by atoms with Gasteiger partial charge in [-0.05, 0) is 35.9 Å². The lowest BCUT2D eigenvalue weighted by molar-refractivity contribution is 0.101. The Hall–Kier alpha value is -3.20. The zero-order valence-electron chi connectivity index (χ0n) is 12.4. The molecule has 0 saturated carbocycles. The van der Waals surface area contributed by atoms with Crippen LogP contribution in [-0.4, -0.2) is 26.1 Å². The van der Waals surface area contributed by atoms with Crippen molar-refractivity contribution in [2.24, 2.45) is 0 Å². The summed E-state index contributed by atoms with van der Waals surface area (Å²) in [7, 11) is 1.51. The molecule has 0 aliphatic carbocycles. The van der Waals surface area contributed by atoms with Crippen LogP contribution >= 0.6 is 0 Å². The first-order chi connectivity index (χ1) is 11.2. The molecule has 0 atom stereocenters. The molecule has 1 aromatic carbocycles. The van der Waals surface area contributed by atoms with Gasteiger partial charge in [0.15, 0.2) is 17.3 Å². The summed E-state index contributed by atoms with van der Waals surface area (Å²) in [6, 6.07) is 8.38. The van der Waals surface area contributed by atoms with Crippen LogP contribution in [0.2, 0.25) is 0 Å². The van der Waals surface area contributed by atoms with Crippen LogP contribution in [0.4, 0.5) is 0 Å². The van der Waals surface area contributed by atoms with Crippen molar-refractivity contribution in [3.63, 3.8) is 0 Å². The fourth-order valence-electron chi connectivity index (χ4n) is 2.23. The number of carbonyl (C=O) groups is 1. The number of benzene rings is 1. The topological polar surface area (TPSA) is 81.7 Å². The van der Waals surface area contributed by atoms with Crippen molar-refractivity contribution in [1.82, 2.24) is 0 Å². The molecule has 6 nitrogen and oxygen atoms in total. The number of nitrogens with zero attached hydrogens (tertiary/aromatic N) is 1. The van der Waals surface area contributed by atoms with Gasteiger partial charge < -0.3 is 18.6 Å². The van der Waals surface area contributed by atoms with Crippen LogP contribution in [0.25, 0.3) is 6.08 Å². The Kier molecular flexibility index (Phi) is 4.02. The van der Waals surface area contributed by atoms with E-state index in [1.54, 1.807) is 18.2 Å². The Morgan fingerprint density at radius 1 is 1.35 bits per heavy atom. The molecule has 0 unspecified atom stereocenters. The normalized spacial score (nSPS) is 13.3.